The van der Waals surface area contributed by atoms with Gasteiger partial charge in [0.2, 0.25) is 0 Å². The highest BCUT2D eigenvalue weighted by Gasteiger charge is 2.29. The van der Waals surface area contributed by atoms with Crippen molar-refractivity contribution >= 4 is 9.84 Å². The summed E-state index contributed by atoms with van der Waals surface area (Å²) in [6.07, 6.45) is 0.657. The molecule has 108 valence electrons. The van der Waals surface area contributed by atoms with E-state index in [1.807, 2.05) is 25.2 Å². The van der Waals surface area contributed by atoms with E-state index >= 15 is 0 Å². The molecule has 0 amide bonds. The predicted molar refractivity (Wildman–Crippen MR) is 81.3 cm³/mol. The summed E-state index contributed by atoms with van der Waals surface area (Å²) in [4.78, 5) is 0. The Morgan fingerprint density at radius 1 is 1.16 bits per heavy atom. The number of benzene rings is 1. The fourth-order valence-corrected chi connectivity index (χ4v) is 3.17. The molecule has 0 aliphatic carbocycles. The van der Waals surface area contributed by atoms with Crippen LogP contribution in [-0.4, -0.2) is 32.5 Å². The van der Waals surface area contributed by atoms with Crippen molar-refractivity contribution in [2.75, 3.05) is 19.3 Å². The molecule has 0 bridgehead atoms. The van der Waals surface area contributed by atoms with Crippen LogP contribution in [-0.2, 0) is 9.84 Å². The lowest BCUT2D eigenvalue weighted by Gasteiger charge is -2.22. The Labute approximate surface area is 117 Å². The lowest BCUT2D eigenvalue weighted by molar-refractivity contribution is 0.546. The average Bonchev–Trinajstić information content (AvgIpc) is 2.34. The molecule has 1 N–H and O–H groups in total. The van der Waals surface area contributed by atoms with E-state index in [4.69, 9.17) is 0 Å². The fourth-order valence-electron chi connectivity index (χ4n) is 1.96. The highest BCUT2D eigenvalue weighted by atomic mass is 32.2. The Morgan fingerprint density at radius 2 is 1.74 bits per heavy atom. The van der Waals surface area contributed by atoms with Crippen LogP contribution >= 0.6 is 0 Å². The normalized spacial score (nSPS) is 14.3. The van der Waals surface area contributed by atoms with E-state index in [0.717, 1.165) is 6.54 Å². The minimum absolute atomic E-state index is 0.234. The van der Waals surface area contributed by atoms with Crippen molar-refractivity contribution in [2.24, 2.45) is 0 Å². The summed E-state index contributed by atoms with van der Waals surface area (Å²) in [5, 5.41) is 3.15. The van der Waals surface area contributed by atoms with Crippen LogP contribution in [0.15, 0.2) is 30.3 Å². The quantitative estimate of drug-likeness (QED) is 0.873. The molecule has 1 atom stereocenters. The number of hydrogen-bond acceptors (Lipinski definition) is 3. The smallest absolute Gasteiger partial charge is 0.155 e. The van der Waals surface area contributed by atoms with Crippen molar-refractivity contribution in [3.05, 3.63) is 35.9 Å². The van der Waals surface area contributed by atoms with Crippen LogP contribution in [0.3, 0.4) is 0 Å². The van der Waals surface area contributed by atoms with Gasteiger partial charge in [-0.15, -0.1) is 0 Å². The Balaban J connectivity index is 2.77. The van der Waals surface area contributed by atoms with Crippen molar-refractivity contribution in [1.82, 2.24) is 5.32 Å². The molecule has 0 saturated carbocycles. The molecule has 0 aromatic heterocycles. The molecule has 4 heteroatoms. The van der Waals surface area contributed by atoms with Crippen molar-refractivity contribution in [3.8, 4) is 0 Å². The van der Waals surface area contributed by atoms with Gasteiger partial charge in [0.1, 0.15) is 0 Å². The molecule has 0 aliphatic rings. The third-order valence-corrected chi connectivity index (χ3v) is 6.03. The van der Waals surface area contributed by atoms with Crippen LogP contribution in [0.4, 0.5) is 0 Å². The Morgan fingerprint density at radius 3 is 2.21 bits per heavy atom. The standard InChI is InChI=1S/C15H25NO2S/c1-15(2,3)19(17,18)11-10-14(12-16-4)13-8-6-5-7-9-13/h5-9,14,16H,10-12H2,1-4H3. The first-order chi connectivity index (χ1) is 8.78. The average molecular weight is 283 g/mol. The second kappa shape index (κ2) is 6.53. The minimum Gasteiger partial charge on any atom is -0.319 e. The summed E-state index contributed by atoms with van der Waals surface area (Å²) in [6.45, 7) is 6.08. The van der Waals surface area contributed by atoms with Gasteiger partial charge in [0.15, 0.2) is 9.84 Å². The van der Waals surface area contributed by atoms with Crippen LogP contribution in [0.2, 0.25) is 0 Å². The molecule has 1 unspecified atom stereocenters. The lowest BCUT2D eigenvalue weighted by Crippen LogP contribution is -2.31. The molecule has 1 aromatic carbocycles. The second-order valence-corrected chi connectivity index (χ2v) is 8.75. The second-order valence-electron chi connectivity index (χ2n) is 5.89. The van der Waals surface area contributed by atoms with Crippen LogP contribution in [0, 0.1) is 0 Å². The molecule has 0 saturated heterocycles. The van der Waals surface area contributed by atoms with Crippen LogP contribution in [0.5, 0.6) is 0 Å². The maximum atomic E-state index is 12.2. The van der Waals surface area contributed by atoms with E-state index in [0.29, 0.717) is 6.42 Å². The molecule has 19 heavy (non-hydrogen) atoms. The van der Waals surface area contributed by atoms with Gasteiger partial charge < -0.3 is 5.32 Å². The van der Waals surface area contributed by atoms with Crippen LogP contribution in [0.1, 0.15) is 38.7 Å². The molecular weight excluding hydrogens is 258 g/mol. The largest absolute Gasteiger partial charge is 0.319 e. The molecule has 0 heterocycles. The van der Waals surface area contributed by atoms with Gasteiger partial charge in [-0.3, -0.25) is 0 Å². The number of rotatable bonds is 6. The van der Waals surface area contributed by atoms with Gasteiger partial charge in [0.05, 0.1) is 10.5 Å². The number of hydrogen-bond donors (Lipinski definition) is 1. The first kappa shape index (κ1) is 16.2. The van der Waals surface area contributed by atoms with Gasteiger partial charge in [-0.1, -0.05) is 30.3 Å². The highest BCUT2D eigenvalue weighted by molar-refractivity contribution is 7.92. The summed E-state index contributed by atoms with van der Waals surface area (Å²) in [5.41, 5.74) is 1.20. The molecular formula is C15H25NO2S. The minimum atomic E-state index is -3.05. The zero-order valence-electron chi connectivity index (χ0n) is 12.3. The van der Waals surface area contributed by atoms with E-state index in [1.54, 1.807) is 20.8 Å². The molecule has 0 fully saturated rings. The van der Waals surface area contributed by atoms with E-state index in [-0.39, 0.29) is 11.7 Å². The Kier molecular flexibility index (Phi) is 5.56. The molecule has 0 spiro atoms. The van der Waals surface area contributed by atoms with Crippen molar-refractivity contribution in [1.29, 1.82) is 0 Å². The van der Waals surface area contributed by atoms with E-state index < -0.39 is 14.6 Å². The zero-order chi connectivity index (χ0) is 14.5. The molecule has 0 radical (unpaired) electrons. The summed E-state index contributed by atoms with van der Waals surface area (Å²) >= 11 is 0. The van der Waals surface area contributed by atoms with E-state index in [1.165, 1.54) is 5.56 Å². The summed E-state index contributed by atoms with van der Waals surface area (Å²) in [6, 6.07) is 10.1. The summed E-state index contributed by atoms with van der Waals surface area (Å²) in [5.74, 6) is 0.473. The molecule has 1 aromatic rings. The van der Waals surface area contributed by atoms with Crippen LogP contribution < -0.4 is 5.32 Å². The molecule has 0 aliphatic heterocycles. The van der Waals surface area contributed by atoms with Crippen LogP contribution in [0.25, 0.3) is 0 Å². The van der Waals surface area contributed by atoms with Gasteiger partial charge >= 0.3 is 0 Å². The van der Waals surface area contributed by atoms with Gasteiger partial charge in [-0.05, 0) is 45.7 Å². The first-order valence-electron chi connectivity index (χ1n) is 6.70. The van der Waals surface area contributed by atoms with Gasteiger partial charge in [0.25, 0.3) is 0 Å². The van der Waals surface area contributed by atoms with Gasteiger partial charge in [-0.25, -0.2) is 8.42 Å². The maximum absolute atomic E-state index is 12.2. The SMILES string of the molecule is CNCC(CCS(=O)(=O)C(C)(C)C)c1ccccc1. The zero-order valence-corrected chi connectivity index (χ0v) is 13.1. The number of likely N-dealkylation sites (N-methyl/N-ethyl adjacent to an activating group) is 1. The van der Waals surface area contributed by atoms with Gasteiger partial charge in [-0.2, -0.15) is 0 Å². The number of sulfone groups is 1. The molecule has 3 nitrogen and oxygen atoms in total. The van der Waals surface area contributed by atoms with Gasteiger partial charge in [0, 0.05) is 6.54 Å². The van der Waals surface area contributed by atoms with E-state index in [9.17, 15) is 8.42 Å². The predicted octanol–water partition coefficient (Wildman–Crippen LogP) is 2.59. The van der Waals surface area contributed by atoms with Crippen molar-refractivity contribution < 1.29 is 8.42 Å². The topological polar surface area (TPSA) is 46.2 Å². The van der Waals surface area contributed by atoms with Crippen molar-refractivity contribution in [2.45, 2.75) is 37.9 Å². The highest BCUT2D eigenvalue weighted by Crippen LogP contribution is 2.23. The molecule has 1 rings (SSSR count). The first-order valence-corrected chi connectivity index (χ1v) is 8.35. The Bertz CT molecular complexity index is 475. The third-order valence-electron chi connectivity index (χ3n) is 3.39. The lowest BCUT2D eigenvalue weighted by atomic mass is 9.96. The van der Waals surface area contributed by atoms with Crippen molar-refractivity contribution in [3.63, 3.8) is 0 Å². The summed E-state index contributed by atoms with van der Waals surface area (Å²) in [7, 11) is -1.15. The summed E-state index contributed by atoms with van der Waals surface area (Å²) < 4.78 is 23.7. The van der Waals surface area contributed by atoms with E-state index in [2.05, 4.69) is 17.4 Å². The monoisotopic (exact) mass is 283 g/mol. The fraction of sp³-hybridized carbons (Fsp3) is 0.600. The number of nitrogens with one attached hydrogen (secondary N) is 1. The third kappa shape index (κ3) is 4.62. The maximum Gasteiger partial charge on any atom is 0.155 e. The Hall–Kier alpha value is -0.870.